The summed E-state index contributed by atoms with van der Waals surface area (Å²) >= 11 is 0. The number of phosphoric acid groups is 1. The maximum atomic E-state index is 13.4. The first kappa shape index (κ1) is 16.4. The summed E-state index contributed by atoms with van der Waals surface area (Å²) in [6.07, 6.45) is -5.14. The standard InChI is InChI=1S/C9H14F3O4P/c1-3-5-9(6-4-2,7(10)8(11)12)16-17(13,14)15/h3-4,7-8H,1-2,5-6H2,(H2,13,14,15). The molecule has 1 atom stereocenters. The fourth-order valence-corrected chi connectivity index (χ4v) is 2.11. The Morgan fingerprint density at radius 2 is 1.65 bits per heavy atom. The van der Waals surface area contributed by atoms with Crippen LogP contribution >= 0.6 is 7.82 Å². The van der Waals surface area contributed by atoms with Crippen LogP contribution in [0.25, 0.3) is 0 Å². The van der Waals surface area contributed by atoms with Crippen LogP contribution in [0.2, 0.25) is 0 Å². The van der Waals surface area contributed by atoms with Crippen molar-refractivity contribution < 1.29 is 32.0 Å². The van der Waals surface area contributed by atoms with Crippen LogP contribution in [-0.2, 0) is 9.09 Å². The Bertz CT molecular complexity index is 305. The van der Waals surface area contributed by atoms with E-state index in [0.29, 0.717) is 0 Å². The second-order valence-electron chi connectivity index (χ2n) is 3.37. The lowest BCUT2D eigenvalue weighted by Gasteiger charge is -2.34. The van der Waals surface area contributed by atoms with Crippen LogP contribution in [0.4, 0.5) is 13.2 Å². The molecule has 0 heterocycles. The summed E-state index contributed by atoms with van der Waals surface area (Å²) < 4.78 is 53.1. The van der Waals surface area contributed by atoms with Gasteiger partial charge in [0.2, 0.25) is 0 Å². The summed E-state index contributed by atoms with van der Waals surface area (Å²) in [6.45, 7) is 6.44. The van der Waals surface area contributed by atoms with Gasteiger partial charge in [-0.1, -0.05) is 12.2 Å². The molecular formula is C9H14F3O4P. The quantitative estimate of drug-likeness (QED) is 0.527. The predicted molar refractivity (Wildman–Crippen MR) is 56.4 cm³/mol. The second kappa shape index (κ2) is 6.35. The van der Waals surface area contributed by atoms with Crippen LogP contribution in [0.1, 0.15) is 12.8 Å². The van der Waals surface area contributed by atoms with Gasteiger partial charge in [0.25, 0.3) is 6.43 Å². The molecule has 0 amide bonds. The van der Waals surface area contributed by atoms with E-state index in [1.807, 2.05) is 0 Å². The molecule has 4 nitrogen and oxygen atoms in total. The molecule has 0 aliphatic carbocycles. The highest BCUT2D eigenvalue weighted by Crippen LogP contribution is 2.47. The Hall–Kier alpha value is -0.620. The van der Waals surface area contributed by atoms with Gasteiger partial charge in [-0.25, -0.2) is 17.7 Å². The lowest BCUT2D eigenvalue weighted by atomic mass is 9.90. The number of hydrogen-bond acceptors (Lipinski definition) is 2. The Morgan fingerprint density at radius 3 is 1.88 bits per heavy atom. The summed E-state index contributed by atoms with van der Waals surface area (Å²) in [4.78, 5) is 17.3. The van der Waals surface area contributed by atoms with Crippen molar-refractivity contribution >= 4 is 7.82 Å². The fourth-order valence-electron chi connectivity index (χ4n) is 1.39. The third-order valence-corrected chi connectivity index (χ3v) is 2.61. The molecular weight excluding hydrogens is 260 g/mol. The molecule has 0 rings (SSSR count). The monoisotopic (exact) mass is 274 g/mol. The molecule has 0 aliphatic rings. The number of alkyl halides is 3. The van der Waals surface area contributed by atoms with Crippen molar-refractivity contribution in [2.45, 2.75) is 31.0 Å². The van der Waals surface area contributed by atoms with Gasteiger partial charge in [0, 0.05) is 0 Å². The lowest BCUT2D eigenvalue weighted by Crippen LogP contribution is -2.45. The summed E-state index contributed by atoms with van der Waals surface area (Å²) in [5, 5.41) is 0. The minimum Gasteiger partial charge on any atom is -0.303 e. The zero-order valence-electron chi connectivity index (χ0n) is 8.93. The number of rotatable bonds is 8. The molecule has 0 saturated carbocycles. The molecule has 1 unspecified atom stereocenters. The molecule has 0 spiro atoms. The van der Waals surface area contributed by atoms with Crippen molar-refractivity contribution in [3.05, 3.63) is 25.3 Å². The first-order valence-electron chi connectivity index (χ1n) is 4.59. The van der Waals surface area contributed by atoms with Gasteiger partial charge in [-0.15, -0.1) is 13.2 Å². The Labute approximate surface area is 97.0 Å². The van der Waals surface area contributed by atoms with Crippen molar-refractivity contribution in [3.63, 3.8) is 0 Å². The van der Waals surface area contributed by atoms with Crippen LogP contribution in [0.15, 0.2) is 25.3 Å². The second-order valence-corrected chi connectivity index (χ2v) is 4.53. The van der Waals surface area contributed by atoms with Gasteiger partial charge in [-0.05, 0) is 12.8 Å². The highest BCUT2D eigenvalue weighted by atomic mass is 31.2. The van der Waals surface area contributed by atoms with Gasteiger partial charge in [0.05, 0.1) is 0 Å². The first-order valence-corrected chi connectivity index (χ1v) is 6.12. The summed E-state index contributed by atoms with van der Waals surface area (Å²) in [5.41, 5.74) is -2.35. The molecule has 0 aromatic carbocycles. The van der Waals surface area contributed by atoms with E-state index in [1.165, 1.54) is 0 Å². The molecule has 0 fully saturated rings. The van der Waals surface area contributed by atoms with Gasteiger partial charge in [0.15, 0.2) is 6.17 Å². The molecule has 0 aromatic rings. The van der Waals surface area contributed by atoms with Crippen molar-refractivity contribution in [1.29, 1.82) is 0 Å². The molecule has 0 saturated heterocycles. The van der Waals surface area contributed by atoms with E-state index in [-0.39, 0.29) is 0 Å². The van der Waals surface area contributed by atoms with E-state index in [1.54, 1.807) is 0 Å². The van der Waals surface area contributed by atoms with Crippen LogP contribution in [0.3, 0.4) is 0 Å². The molecule has 17 heavy (non-hydrogen) atoms. The van der Waals surface area contributed by atoms with E-state index in [0.717, 1.165) is 12.2 Å². The molecule has 2 N–H and O–H groups in total. The largest absolute Gasteiger partial charge is 0.470 e. The van der Waals surface area contributed by atoms with Gasteiger partial charge >= 0.3 is 7.82 Å². The van der Waals surface area contributed by atoms with Crippen molar-refractivity contribution in [2.75, 3.05) is 0 Å². The van der Waals surface area contributed by atoms with Crippen molar-refractivity contribution in [3.8, 4) is 0 Å². The summed E-state index contributed by atoms with van der Waals surface area (Å²) in [7, 11) is -5.11. The minimum absolute atomic E-state index is 0.477. The number of hydrogen-bond donors (Lipinski definition) is 2. The normalized spacial score (nSPS) is 14.7. The molecule has 0 radical (unpaired) electrons. The lowest BCUT2D eigenvalue weighted by molar-refractivity contribution is -0.0901. The SMILES string of the molecule is C=CCC(CC=C)(OP(=O)(O)O)C(F)C(F)F. The molecule has 8 heteroatoms. The van der Waals surface area contributed by atoms with Crippen LogP contribution in [-0.4, -0.2) is 28.0 Å². The maximum Gasteiger partial charge on any atom is 0.470 e. The minimum atomic E-state index is -5.11. The molecule has 0 aromatic heterocycles. The van der Waals surface area contributed by atoms with Gasteiger partial charge in [-0.2, -0.15) is 0 Å². The zero-order valence-corrected chi connectivity index (χ0v) is 9.82. The topological polar surface area (TPSA) is 66.8 Å². The van der Waals surface area contributed by atoms with E-state index < -0.39 is 38.9 Å². The summed E-state index contributed by atoms with van der Waals surface area (Å²) in [5.74, 6) is 0. The van der Waals surface area contributed by atoms with E-state index >= 15 is 0 Å². The highest BCUT2D eigenvalue weighted by molar-refractivity contribution is 7.46. The zero-order chi connectivity index (χ0) is 13.7. The Balaban J connectivity index is 5.31. The van der Waals surface area contributed by atoms with E-state index in [2.05, 4.69) is 17.7 Å². The number of halogens is 3. The third kappa shape index (κ3) is 5.04. The molecule has 0 bridgehead atoms. The Kier molecular flexibility index (Phi) is 6.12. The Morgan fingerprint density at radius 1 is 1.24 bits per heavy atom. The van der Waals surface area contributed by atoms with Gasteiger partial charge < -0.3 is 9.79 Å². The van der Waals surface area contributed by atoms with E-state index in [4.69, 9.17) is 9.79 Å². The van der Waals surface area contributed by atoms with Gasteiger partial charge in [-0.3, -0.25) is 4.52 Å². The molecule has 100 valence electrons. The van der Waals surface area contributed by atoms with Crippen LogP contribution in [0, 0.1) is 0 Å². The average Bonchev–Trinajstić information content (AvgIpc) is 2.14. The molecule has 0 aliphatic heterocycles. The summed E-state index contributed by atoms with van der Waals surface area (Å²) in [6, 6.07) is 0. The average molecular weight is 274 g/mol. The highest BCUT2D eigenvalue weighted by Gasteiger charge is 2.48. The van der Waals surface area contributed by atoms with Crippen LogP contribution in [0.5, 0.6) is 0 Å². The third-order valence-electron chi connectivity index (χ3n) is 2.00. The predicted octanol–water partition coefficient (Wildman–Crippen LogP) is 2.59. The van der Waals surface area contributed by atoms with E-state index in [9.17, 15) is 17.7 Å². The maximum absolute atomic E-state index is 13.4. The van der Waals surface area contributed by atoms with Gasteiger partial charge in [0.1, 0.15) is 5.60 Å². The number of phosphoric ester groups is 1. The van der Waals surface area contributed by atoms with Crippen molar-refractivity contribution in [1.82, 2.24) is 0 Å². The first-order chi connectivity index (χ1) is 7.68. The van der Waals surface area contributed by atoms with Crippen molar-refractivity contribution in [2.24, 2.45) is 0 Å². The fraction of sp³-hybridized carbons (Fsp3) is 0.556. The smallest absolute Gasteiger partial charge is 0.303 e. The van der Waals surface area contributed by atoms with Crippen LogP contribution < -0.4 is 0 Å².